The van der Waals surface area contributed by atoms with Gasteiger partial charge in [0, 0.05) is 6.54 Å². The molecule has 0 saturated heterocycles. The second kappa shape index (κ2) is 6.76. The standard InChI is InChI=1S/C13H17NO4/c1-9(12(15)17-2)14-8-10-4-6-11(7-5-10)13(16)18-3/h4-7,9,14H,8H2,1-3H3. The van der Waals surface area contributed by atoms with Crippen LogP contribution in [0.4, 0.5) is 0 Å². The van der Waals surface area contributed by atoms with E-state index in [9.17, 15) is 9.59 Å². The van der Waals surface area contributed by atoms with Gasteiger partial charge in [-0.25, -0.2) is 4.79 Å². The van der Waals surface area contributed by atoms with Gasteiger partial charge in [0.1, 0.15) is 6.04 Å². The average molecular weight is 251 g/mol. The maximum absolute atomic E-state index is 11.2. The molecule has 5 heteroatoms. The molecule has 0 spiro atoms. The molecular formula is C13H17NO4. The monoisotopic (exact) mass is 251 g/mol. The molecule has 0 amide bonds. The smallest absolute Gasteiger partial charge is 0.337 e. The molecule has 18 heavy (non-hydrogen) atoms. The highest BCUT2D eigenvalue weighted by Gasteiger charge is 2.11. The van der Waals surface area contributed by atoms with Crippen LogP contribution in [0.25, 0.3) is 0 Å². The molecule has 0 radical (unpaired) electrons. The molecule has 1 N–H and O–H groups in total. The van der Waals surface area contributed by atoms with E-state index in [1.807, 2.05) is 12.1 Å². The van der Waals surface area contributed by atoms with Gasteiger partial charge in [-0.05, 0) is 24.6 Å². The summed E-state index contributed by atoms with van der Waals surface area (Å²) in [5, 5.41) is 3.02. The zero-order valence-electron chi connectivity index (χ0n) is 10.7. The Labute approximate surface area is 106 Å². The van der Waals surface area contributed by atoms with Crippen molar-refractivity contribution in [3.8, 4) is 0 Å². The summed E-state index contributed by atoms with van der Waals surface area (Å²) in [6.07, 6.45) is 0. The Balaban J connectivity index is 2.54. The Morgan fingerprint density at radius 3 is 2.28 bits per heavy atom. The van der Waals surface area contributed by atoms with Gasteiger partial charge in [-0.3, -0.25) is 4.79 Å². The fourth-order valence-corrected chi connectivity index (χ4v) is 1.41. The van der Waals surface area contributed by atoms with Gasteiger partial charge in [0.2, 0.25) is 0 Å². The highest BCUT2D eigenvalue weighted by Crippen LogP contribution is 2.06. The topological polar surface area (TPSA) is 64.6 Å². The van der Waals surface area contributed by atoms with E-state index >= 15 is 0 Å². The van der Waals surface area contributed by atoms with E-state index in [0.717, 1.165) is 5.56 Å². The first-order valence-corrected chi connectivity index (χ1v) is 5.57. The van der Waals surface area contributed by atoms with Gasteiger partial charge in [0.15, 0.2) is 0 Å². The summed E-state index contributed by atoms with van der Waals surface area (Å²) in [7, 11) is 2.70. The lowest BCUT2D eigenvalue weighted by atomic mass is 10.1. The van der Waals surface area contributed by atoms with Gasteiger partial charge in [0.05, 0.1) is 19.8 Å². The zero-order valence-corrected chi connectivity index (χ0v) is 10.7. The Morgan fingerprint density at radius 1 is 1.17 bits per heavy atom. The summed E-state index contributed by atoms with van der Waals surface area (Å²) >= 11 is 0. The lowest BCUT2D eigenvalue weighted by molar-refractivity contribution is -0.142. The third-order valence-electron chi connectivity index (χ3n) is 2.54. The number of methoxy groups -OCH3 is 2. The normalized spacial score (nSPS) is 11.7. The maximum atomic E-state index is 11.2. The van der Waals surface area contributed by atoms with Gasteiger partial charge >= 0.3 is 11.9 Å². The van der Waals surface area contributed by atoms with Crippen LogP contribution < -0.4 is 5.32 Å². The van der Waals surface area contributed by atoms with Crippen LogP contribution in [0.2, 0.25) is 0 Å². The second-order valence-corrected chi connectivity index (χ2v) is 3.81. The van der Waals surface area contributed by atoms with Crippen LogP contribution >= 0.6 is 0 Å². The first-order chi connectivity index (χ1) is 8.58. The average Bonchev–Trinajstić information content (AvgIpc) is 2.43. The molecule has 1 unspecified atom stereocenters. The molecule has 1 aromatic rings. The Hall–Kier alpha value is -1.88. The molecule has 0 saturated carbocycles. The van der Waals surface area contributed by atoms with Crippen LogP contribution in [-0.4, -0.2) is 32.2 Å². The first-order valence-electron chi connectivity index (χ1n) is 5.57. The molecule has 0 aliphatic rings. The molecule has 98 valence electrons. The predicted molar refractivity (Wildman–Crippen MR) is 66.1 cm³/mol. The number of ether oxygens (including phenoxy) is 2. The lowest BCUT2D eigenvalue weighted by Crippen LogP contribution is -2.34. The Morgan fingerprint density at radius 2 is 1.78 bits per heavy atom. The third kappa shape index (κ3) is 3.85. The van der Waals surface area contributed by atoms with Gasteiger partial charge in [-0.1, -0.05) is 12.1 Å². The van der Waals surface area contributed by atoms with Crippen LogP contribution in [0, 0.1) is 0 Å². The number of nitrogens with one attached hydrogen (secondary N) is 1. The minimum Gasteiger partial charge on any atom is -0.468 e. The van der Waals surface area contributed by atoms with Crippen molar-refractivity contribution in [2.45, 2.75) is 19.5 Å². The Kier molecular flexibility index (Phi) is 5.32. The van der Waals surface area contributed by atoms with E-state index in [4.69, 9.17) is 0 Å². The van der Waals surface area contributed by atoms with Crippen molar-refractivity contribution < 1.29 is 19.1 Å². The van der Waals surface area contributed by atoms with E-state index in [1.54, 1.807) is 19.1 Å². The van der Waals surface area contributed by atoms with Gasteiger partial charge in [-0.2, -0.15) is 0 Å². The summed E-state index contributed by atoms with van der Waals surface area (Å²) in [4.78, 5) is 22.4. The molecule has 0 aliphatic heterocycles. The summed E-state index contributed by atoms with van der Waals surface area (Å²) in [6, 6.07) is 6.62. The van der Waals surface area contributed by atoms with Crippen LogP contribution in [-0.2, 0) is 20.8 Å². The number of esters is 2. The summed E-state index contributed by atoms with van der Waals surface area (Å²) in [5.41, 5.74) is 1.47. The van der Waals surface area contributed by atoms with Crippen molar-refractivity contribution in [3.63, 3.8) is 0 Å². The fourth-order valence-electron chi connectivity index (χ4n) is 1.41. The van der Waals surface area contributed by atoms with Crippen molar-refractivity contribution in [1.29, 1.82) is 0 Å². The number of carbonyl (C=O) groups excluding carboxylic acids is 2. The highest BCUT2D eigenvalue weighted by molar-refractivity contribution is 5.89. The Bertz CT molecular complexity index is 414. The minimum atomic E-state index is -0.365. The van der Waals surface area contributed by atoms with E-state index in [-0.39, 0.29) is 18.0 Å². The SMILES string of the molecule is COC(=O)c1ccc(CNC(C)C(=O)OC)cc1. The molecule has 0 aromatic heterocycles. The summed E-state index contributed by atoms with van der Waals surface area (Å²) in [5.74, 6) is -0.668. The summed E-state index contributed by atoms with van der Waals surface area (Å²) < 4.78 is 9.21. The highest BCUT2D eigenvalue weighted by atomic mass is 16.5. The molecule has 5 nitrogen and oxygen atoms in total. The van der Waals surface area contributed by atoms with E-state index in [0.29, 0.717) is 12.1 Å². The second-order valence-electron chi connectivity index (χ2n) is 3.81. The number of hydrogen-bond acceptors (Lipinski definition) is 5. The third-order valence-corrected chi connectivity index (χ3v) is 2.54. The minimum absolute atomic E-state index is 0.304. The number of hydrogen-bond donors (Lipinski definition) is 1. The van der Waals surface area contributed by atoms with E-state index < -0.39 is 0 Å². The summed E-state index contributed by atoms with van der Waals surface area (Å²) in [6.45, 7) is 2.26. The van der Waals surface area contributed by atoms with Crippen LogP contribution in [0.5, 0.6) is 0 Å². The number of carbonyl (C=O) groups is 2. The molecular weight excluding hydrogens is 234 g/mol. The quantitative estimate of drug-likeness (QED) is 0.794. The van der Waals surface area contributed by atoms with Gasteiger partial charge in [0.25, 0.3) is 0 Å². The van der Waals surface area contributed by atoms with Crippen molar-refractivity contribution >= 4 is 11.9 Å². The van der Waals surface area contributed by atoms with Crippen molar-refractivity contribution in [2.75, 3.05) is 14.2 Å². The molecule has 0 bridgehead atoms. The first kappa shape index (κ1) is 14.2. The van der Waals surface area contributed by atoms with Crippen LogP contribution in [0.1, 0.15) is 22.8 Å². The largest absolute Gasteiger partial charge is 0.468 e. The van der Waals surface area contributed by atoms with Gasteiger partial charge in [-0.15, -0.1) is 0 Å². The molecule has 1 atom stereocenters. The van der Waals surface area contributed by atoms with Gasteiger partial charge < -0.3 is 14.8 Å². The van der Waals surface area contributed by atoms with E-state index in [1.165, 1.54) is 14.2 Å². The maximum Gasteiger partial charge on any atom is 0.337 e. The number of benzene rings is 1. The zero-order chi connectivity index (χ0) is 13.5. The van der Waals surface area contributed by atoms with Crippen molar-refractivity contribution in [3.05, 3.63) is 35.4 Å². The van der Waals surface area contributed by atoms with E-state index in [2.05, 4.69) is 14.8 Å². The molecule has 1 aromatic carbocycles. The number of rotatable bonds is 5. The molecule has 1 rings (SSSR count). The molecule has 0 fully saturated rings. The lowest BCUT2D eigenvalue weighted by Gasteiger charge is -2.11. The fraction of sp³-hybridized carbons (Fsp3) is 0.385. The van der Waals surface area contributed by atoms with Crippen LogP contribution in [0.15, 0.2) is 24.3 Å². The van der Waals surface area contributed by atoms with Crippen molar-refractivity contribution in [1.82, 2.24) is 5.32 Å². The molecule has 0 aliphatic carbocycles. The van der Waals surface area contributed by atoms with Crippen molar-refractivity contribution in [2.24, 2.45) is 0 Å². The predicted octanol–water partition coefficient (Wildman–Crippen LogP) is 1.12. The molecule has 0 heterocycles. The van der Waals surface area contributed by atoms with Crippen LogP contribution in [0.3, 0.4) is 0 Å².